The first-order valence-corrected chi connectivity index (χ1v) is 7.38. The summed E-state index contributed by atoms with van der Waals surface area (Å²) in [5, 5.41) is 4.51. The van der Waals surface area contributed by atoms with Crippen molar-refractivity contribution >= 4 is 34.0 Å². The molecule has 0 aliphatic carbocycles. The third-order valence-electron chi connectivity index (χ3n) is 2.19. The van der Waals surface area contributed by atoms with Crippen LogP contribution in [-0.2, 0) is 17.3 Å². The Kier molecular flexibility index (Phi) is 6.36. The highest BCUT2D eigenvalue weighted by atomic mass is 35.5. The molecule has 16 heavy (non-hydrogen) atoms. The molecule has 0 aliphatic heterocycles. The number of halogens is 2. The van der Waals surface area contributed by atoms with Crippen LogP contribution in [0.15, 0.2) is 18.2 Å². The predicted octanol–water partition coefficient (Wildman–Crippen LogP) is 2.85. The van der Waals surface area contributed by atoms with Crippen molar-refractivity contribution in [3.63, 3.8) is 0 Å². The maximum atomic E-state index is 11.2. The molecule has 1 aromatic rings. The molecule has 0 heterocycles. The van der Waals surface area contributed by atoms with Crippen molar-refractivity contribution < 1.29 is 4.21 Å². The molecule has 0 radical (unpaired) electrons. The van der Waals surface area contributed by atoms with Crippen molar-refractivity contribution in [2.45, 2.75) is 13.5 Å². The van der Waals surface area contributed by atoms with E-state index in [0.717, 1.165) is 5.56 Å². The molecule has 2 nitrogen and oxygen atoms in total. The van der Waals surface area contributed by atoms with Crippen molar-refractivity contribution in [1.82, 2.24) is 5.32 Å². The molecule has 5 heteroatoms. The molecular formula is C11H15Cl2NOS. The summed E-state index contributed by atoms with van der Waals surface area (Å²) in [5.74, 6) is 1.37. The number of hydrogen-bond donors (Lipinski definition) is 1. The third kappa shape index (κ3) is 4.42. The largest absolute Gasteiger partial charge is 0.312 e. The van der Waals surface area contributed by atoms with E-state index in [1.54, 1.807) is 0 Å². The van der Waals surface area contributed by atoms with E-state index in [4.69, 9.17) is 23.2 Å². The molecule has 0 spiro atoms. The minimum atomic E-state index is -0.724. The fourth-order valence-electron chi connectivity index (χ4n) is 1.24. The molecule has 0 saturated heterocycles. The van der Waals surface area contributed by atoms with Gasteiger partial charge in [0.05, 0.1) is 0 Å². The highest BCUT2D eigenvalue weighted by Gasteiger charge is 2.04. The fourth-order valence-corrected chi connectivity index (χ4v) is 2.44. The van der Waals surface area contributed by atoms with E-state index in [0.29, 0.717) is 34.6 Å². The van der Waals surface area contributed by atoms with E-state index in [1.165, 1.54) is 0 Å². The number of rotatable bonds is 6. The number of nitrogens with one attached hydrogen (secondary N) is 1. The van der Waals surface area contributed by atoms with Gasteiger partial charge in [-0.25, -0.2) is 0 Å². The van der Waals surface area contributed by atoms with Gasteiger partial charge < -0.3 is 5.32 Å². The summed E-state index contributed by atoms with van der Waals surface area (Å²) < 4.78 is 11.2. The zero-order valence-electron chi connectivity index (χ0n) is 9.13. The van der Waals surface area contributed by atoms with E-state index in [9.17, 15) is 4.21 Å². The molecule has 90 valence electrons. The van der Waals surface area contributed by atoms with Crippen LogP contribution in [0.5, 0.6) is 0 Å². The molecule has 1 atom stereocenters. The Hall–Kier alpha value is -0.0900. The average Bonchev–Trinajstić information content (AvgIpc) is 2.27. The van der Waals surface area contributed by atoms with Crippen molar-refractivity contribution in [3.8, 4) is 0 Å². The minimum absolute atomic E-state index is 0.611. The molecule has 0 fully saturated rings. The Morgan fingerprint density at radius 2 is 1.94 bits per heavy atom. The van der Waals surface area contributed by atoms with Crippen LogP contribution < -0.4 is 5.32 Å². The first kappa shape index (κ1) is 14.0. The van der Waals surface area contributed by atoms with Gasteiger partial charge in [-0.3, -0.25) is 4.21 Å². The Labute approximate surface area is 109 Å². The van der Waals surface area contributed by atoms with Crippen LogP contribution in [0.4, 0.5) is 0 Å². The lowest BCUT2D eigenvalue weighted by molar-refractivity contribution is 0.674. The maximum absolute atomic E-state index is 11.2. The smallest absolute Gasteiger partial charge is 0.0465 e. The Balaban J connectivity index is 2.40. The van der Waals surface area contributed by atoms with Gasteiger partial charge in [0, 0.05) is 51.0 Å². The zero-order chi connectivity index (χ0) is 12.0. The van der Waals surface area contributed by atoms with Gasteiger partial charge in [0.2, 0.25) is 0 Å². The van der Waals surface area contributed by atoms with Crippen molar-refractivity contribution in [3.05, 3.63) is 33.8 Å². The summed E-state index contributed by atoms with van der Waals surface area (Å²) in [7, 11) is -0.724. The second-order valence-corrected chi connectivity index (χ2v) is 5.99. The summed E-state index contributed by atoms with van der Waals surface area (Å²) in [4.78, 5) is 0. The third-order valence-corrected chi connectivity index (χ3v) is 4.20. The van der Waals surface area contributed by atoms with Crippen molar-refractivity contribution in [2.75, 3.05) is 18.1 Å². The molecule has 0 aliphatic rings. The predicted molar refractivity (Wildman–Crippen MR) is 71.7 cm³/mol. The van der Waals surface area contributed by atoms with E-state index in [2.05, 4.69) is 5.32 Å². The molecular weight excluding hydrogens is 265 g/mol. The fraction of sp³-hybridized carbons (Fsp3) is 0.455. The van der Waals surface area contributed by atoms with Crippen LogP contribution in [0.25, 0.3) is 0 Å². The van der Waals surface area contributed by atoms with Gasteiger partial charge >= 0.3 is 0 Å². The monoisotopic (exact) mass is 279 g/mol. The summed E-state index contributed by atoms with van der Waals surface area (Å²) >= 11 is 12.0. The van der Waals surface area contributed by atoms with Gasteiger partial charge in [0.15, 0.2) is 0 Å². The summed E-state index contributed by atoms with van der Waals surface area (Å²) in [6, 6.07) is 5.45. The van der Waals surface area contributed by atoms with Crippen molar-refractivity contribution in [1.29, 1.82) is 0 Å². The molecule has 1 rings (SSSR count). The molecule has 1 unspecified atom stereocenters. The van der Waals surface area contributed by atoms with Crippen LogP contribution in [-0.4, -0.2) is 22.3 Å². The second kappa shape index (κ2) is 7.28. The molecule has 0 aromatic heterocycles. The highest BCUT2D eigenvalue weighted by molar-refractivity contribution is 7.84. The van der Waals surface area contributed by atoms with Gasteiger partial charge in [-0.1, -0.05) is 36.2 Å². The molecule has 0 amide bonds. The summed E-state index contributed by atoms with van der Waals surface area (Å²) in [6.45, 7) is 3.24. The Morgan fingerprint density at radius 1 is 1.31 bits per heavy atom. The number of hydrogen-bond acceptors (Lipinski definition) is 2. The molecule has 1 N–H and O–H groups in total. The molecule has 0 bridgehead atoms. The van der Waals surface area contributed by atoms with Gasteiger partial charge in [0.1, 0.15) is 0 Å². The zero-order valence-corrected chi connectivity index (χ0v) is 11.5. The lowest BCUT2D eigenvalue weighted by Gasteiger charge is -2.08. The summed E-state index contributed by atoms with van der Waals surface area (Å²) in [6.07, 6.45) is 0. The van der Waals surface area contributed by atoms with Crippen LogP contribution in [0.3, 0.4) is 0 Å². The Bertz CT molecular complexity index is 351. The summed E-state index contributed by atoms with van der Waals surface area (Å²) in [5.41, 5.74) is 0.896. The van der Waals surface area contributed by atoms with Crippen molar-refractivity contribution in [2.24, 2.45) is 0 Å². The second-order valence-electron chi connectivity index (χ2n) is 3.31. The first-order valence-electron chi connectivity index (χ1n) is 5.13. The number of benzene rings is 1. The van der Waals surface area contributed by atoms with E-state index < -0.39 is 10.8 Å². The van der Waals surface area contributed by atoms with Crippen LogP contribution >= 0.6 is 23.2 Å². The average molecular weight is 280 g/mol. The normalized spacial score (nSPS) is 12.7. The van der Waals surface area contributed by atoms with Gasteiger partial charge in [-0.2, -0.15) is 0 Å². The lowest BCUT2D eigenvalue weighted by atomic mass is 10.2. The van der Waals surface area contributed by atoms with E-state index in [-0.39, 0.29) is 0 Å². The minimum Gasteiger partial charge on any atom is -0.312 e. The topological polar surface area (TPSA) is 29.1 Å². The molecule has 0 saturated carbocycles. The van der Waals surface area contributed by atoms with Gasteiger partial charge in [-0.15, -0.1) is 0 Å². The van der Waals surface area contributed by atoms with E-state index >= 15 is 0 Å². The standard InChI is InChI=1S/C11H15Cl2NOS/c1-2-16(15)7-6-14-8-9-10(12)4-3-5-11(9)13/h3-5,14H,2,6-8H2,1H3. The van der Waals surface area contributed by atoms with E-state index in [1.807, 2.05) is 25.1 Å². The first-order chi connectivity index (χ1) is 7.65. The maximum Gasteiger partial charge on any atom is 0.0465 e. The van der Waals surface area contributed by atoms with Gasteiger partial charge in [-0.05, 0) is 12.1 Å². The quantitative estimate of drug-likeness (QED) is 0.812. The highest BCUT2D eigenvalue weighted by Crippen LogP contribution is 2.23. The lowest BCUT2D eigenvalue weighted by Crippen LogP contribution is -2.21. The van der Waals surface area contributed by atoms with Gasteiger partial charge in [0.25, 0.3) is 0 Å². The Morgan fingerprint density at radius 3 is 2.50 bits per heavy atom. The SMILES string of the molecule is CCS(=O)CCNCc1c(Cl)cccc1Cl. The van der Waals surface area contributed by atoms with Crippen LogP contribution in [0.2, 0.25) is 10.0 Å². The van der Waals surface area contributed by atoms with Crippen LogP contribution in [0.1, 0.15) is 12.5 Å². The van der Waals surface area contributed by atoms with Crippen LogP contribution in [0, 0.1) is 0 Å². The molecule has 1 aromatic carbocycles.